The topological polar surface area (TPSA) is 108 Å². The maximum Gasteiger partial charge on any atom is 0.338 e. The highest BCUT2D eigenvalue weighted by atomic mass is 32.2. The van der Waals surface area contributed by atoms with Gasteiger partial charge in [-0.25, -0.2) is 13.2 Å². The lowest BCUT2D eigenvalue weighted by atomic mass is 10.3. The molecule has 1 N–H and O–H groups in total. The number of nitrogens with zero attached hydrogens (tertiary/aromatic N) is 2. The van der Waals surface area contributed by atoms with Gasteiger partial charge in [-0.2, -0.15) is 4.31 Å². The van der Waals surface area contributed by atoms with Crippen molar-refractivity contribution in [2.24, 2.45) is 0 Å². The largest absolute Gasteiger partial charge is 0.478 e. The molecule has 1 aliphatic rings. The number of carboxylic acid groups (broad SMARTS) is 1. The SMILES string of the molecule is O=C(O)c1coc(C(=O)N2CCCN(S(=O)(=O)c3ccccc3)CC2)c1. The van der Waals surface area contributed by atoms with E-state index in [-0.39, 0.29) is 29.3 Å². The second-order valence-corrected chi connectivity index (χ2v) is 7.81. The number of furan rings is 1. The zero-order valence-electron chi connectivity index (χ0n) is 13.9. The minimum Gasteiger partial charge on any atom is -0.478 e. The van der Waals surface area contributed by atoms with Gasteiger partial charge in [0.15, 0.2) is 5.76 Å². The minimum absolute atomic E-state index is 0.0678. The van der Waals surface area contributed by atoms with Crippen LogP contribution in [0.25, 0.3) is 0 Å². The van der Waals surface area contributed by atoms with Gasteiger partial charge in [-0.15, -0.1) is 0 Å². The van der Waals surface area contributed by atoms with E-state index in [0.29, 0.717) is 19.5 Å². The Labute approximate surface area is 150 Å². The number of carbonyl (C=O) groups excluding carboxylic acids is 1. The van der Waals surface area contributed by atoms with Gasteiger partial charge in [-0.1, -0.05) is 18.2 Å². The summed E-state index contributed by atoms with van der Waals surface area (Å²) < 4.78 is 31.8. The predicted molar refractivity (Wildman–Crippen MR) is 91.4 cm³/mol. The van der Waals surface area contributed by atoms with Crippen molar-refractivity contribution in [3.05, 3.63) is 54.0 Å². The third kappa shape index (κ3) is 3.63. The summed E-state index contributed by atoms with van der Waals surface area (Å²) in [5.74, 6) is -1.69. The van der Waals surface area contributed by atoms with Crippen LogP contribution in [0, 0.1) is 0 Å². The molecule has 8 nitrogen and oxygen atoms in total. The average Bonchev–Trinajstić information content (AvgIpc) is 3.00. The van der Waals surface area contributed by atoms with E-state index < -0.39 is 21.9 Å². The molecule has 1 fully saturated rings. The van der Waals surface area contributed by atoms with Crippen LogP contribution in [0.2, 0.25) is 0 Å². The first-order valence-electron chi connectivity index (χ1n) is 8.06. The number of aromatic carboxylic acids is 1. The number of carboxylic acids is 1. The molecule has 9 heteroatoms. The van der Waals surface area contributed by atoms with Gasteiger partial charge in [-0.3, -0.25) is 4.79 Å². The van der Waals surface area contributed by atoms with E-state index >= 15 is 0 Å². The fourth-order valence-corrected chi connectivity index (χ4v) is 4.29. The summed E-state index contributed by atoms with van der Waals surface area (Å²) in [4.78, 5) is 25.1. The normalized spacial score (nSPS) is 16.2. The van der Waals surface area contributed by atoms with Gasteiger partial charge < -0.3 is 14.4 Å². The molecule has 0 saturated carbocycles. The highest BCUT2D eigenvalue weighted by Crippen LogP contribution is 2.19. The summed E-state index contributed by atoms with van der Waals surface area (Å²) in [7, 11) is -3.61. The van der Waals surface area contributed by atoms with Crippen molar-refractivity contribution in [1.82, 2.24) is 9.21 Å². The highest BCUT2D eigenvalue weighted by Gasteiger charge is 2.29. The van der Waals surface area contributed by atoms with E-state index in [1.165, 1.54) is 15.3 Å². The van der Waals surface area contributed by atoms with Crippen LogP contribution < -0.4 is 0 Å². The van der Waals surface area contributed by atoms with Gasteiger partial charge >= 0.3 is 5.97 Å². The standard InChI is InChI=1S/C17H18N2O6S/c20-16(15-11-13(12-25-15)17(21)22)18-7-4-8-19(10-9-18)26(23,24)14-5-2-1-3-6-14/h1-3,5-6,11-12H,4,7-10H2,(H,21,22). The van der Waals surface area contributed by atoms with Gasteiger partial charge in [-0.05, 0) is 18.6 Å². The van der Waals surface area contributed by atoms with Gasteiger partial charge in [0.2, 0.25) is 10.0 Å². The number of hydrogen-bond acceptors (Lipinski definition) is 5. The molecule has 0 aliphatic carbocycles. The van der Waals surface area contributed by atoms with E-state index in [4.69, 9.17) is 9.52 Å². The zero-order valence-corrected chi connectivity index (χ0v) is 14.7. The second-order valence-electron chi connectivity index (χ2n) is 5.87. The number of hydrogen-bond donors (Lipinski definition) is 1. The third-order valence-corrected chi connectivity index (χ3v) is 6.09. The lowest BCUT2D eigenvalue weighted by Crippen LogP contribution is -2.37. The summed E-state index contributed by atoms with van der Waals surface area (Å²) in [5.41, 5.74) is -0.101. The highest BCUT2D eigenvalue weighted by molar-refractivity contribution is 7.89. The van der Waals surface area contributed by atoms with Crippen LogP contribution >= 0.6 is 0 Å². The van der Waals surface area contributed by atoms with Crippen molar-refractivity contribution in [1.29, 1.82) is 0 Å². The molecule has 138 valence electrons. The molecular weight excluding hydrogens is 360 g/mol. The van der Waals surface area contributed by atoms with E-state index in [9.17, 15) is 18.0 Å². The third-order valence-electron chi connectivity index (χ3n) is 4.18. The van der Waals surface area contributed by atoms with Gasteiger partial charge in [0.1, 0.15) is 6.26 Å². The summed E-state index contributed by atoms with van der Waals surface area (Å²) in [6.07, 6.45) is 1.49. The Balaban J connectivity index is 1.72. The molecule has 3 rings (SSSR count). The summed E-state index contributed by atoms with van der Waals surface area (Å²) in [5, 5.41) is 8.91. The molecule has 0 bridgehead atoms. The number of benzene rings is 1. The first kappa shape index (κ1) is 18.2. The lowest BCUT2D eigenvalue weighted by Gasteiger charge is -2.21. The predicted octanol–water partition coefficient (Wildman–Crippen LogP) is 1.51. The molecule has 1 aliphatic heterocycles. The molecule has 2 heterocycles. The smallest absolute Gasteiger partial charge is 0.338 e. The van der Waals surface area contributed by atoms with E-state index in [0.717, 1.165) is 6.26 Å². The summed E-state index contributed by atoms with van der Waals surface area (Å²) in [6.45, 7) is 1.03. The molecule has 0 atom stereocenters. The van der Waals surface area contributed by atoms with E-state index in [1.807, 2.05) is 0 Å². The molecule has 0 radical (unpaired) electrons. The van der Waals surface area contributed by atoms with Crippen molar-refractivity contribution in [3.8, 4) is 0 Å². The summed E-state index contributed by atoms with van der Waals surface area (Å²) in [6, 6.07) is 9.33. The quantitative estimate of drug-likeness (QED) is 0.864. The van der Waals surface area contributed by atoms with Crippen molar-refractivity contribution < 1.29 is 27.5 Å². The fourth-order valence-electron chi connectivity index (χ4n) is 2.80. The van der Waals surface area contributed by atoms with Crippen LogP contribution in [-0.4, -0.2) is 60.8 Å². The Hall–Kier alpha value is -2.65. The van der Waals surface area contributed by atoms with Crippen LogP contribution in [0.3, 0.4) is 0 Å². The maximum atomic E-state index is 12.7. The molecule has 1 aromatic carbocycles. The van der Waals surface area contributed by atoms with Crippen LogP contribution in [0.1, 0.15) is 27.3 Å². The maximum absolute atomic E-state index is 12.7. The molecular formula is C17H18N2O6S. The Morgan fingerprint density at radius 3 is 2.42 bits per heavy atom. The van der Waals surface area contributed by atoms with Gasteiger partial charge in [0, 0.05) is 32.2 Å². The summed E-state index contributed by atoms with van der Waals surface area (Å²) >= 11 is 0. The molecule has 0 spiro atoms. The van der Waals surface area contributed by atoms with Gasteiger partial charge in [0.05, 0.1) is 10.5 Å². The van der Waals surface area contributed by atoms with Crippen molar-refractivity contribution in [3.63, 3.8) is 0 Å². The number of sulfonamides is 1. The second kappa shape index (κ2) is 7.30. The zero-order chi connectivity index (χ0) is 18.7. The van der Waals surface area contributed by atoms with E-state index in [1.54, 1.807) is 30.3 Å². The van der Waals surface area contributed by atoms with Crippen molar-refractivity contribution in [2.75, 3.05) is 26.2 Å². The Kier molecular flexibility index (Phi) is 5.10. The molecule has 2 aromatic rings. The first-order valence-corrected chi connectivity index (χ1v) is 9.50. The average molecular weight is 378 g/mol. The first-order chi connectivity index (χ1) is 12.4. The molecule has 26 heavy (non-hydrogen) atoms. The van der Waals surface area contributed by atoms with Crippen LogP contribution in [0.4, 0.5) is 0 Å². The monoisotopic (exact) mass is 378 g/mol. The van der Waals surface area contributed by atoms with Crippen molar-refractivity contribution in [2.45, 2.75) is 11.3 Å². The fraction of sp³-hybridized carbons (Fsp3) is 0.294. The van der Waals surface area contributed by atoms with Crippen molar-refractivity contribution >= 4 is 21.9 Å². The Morgan fingerprint density at radius 2 is 1.77 bits per heavy atom. The number of amides is 1. The van der Waals surface area contributed by atoms with E-state index in [2.05, 4.69) is 0 Å². The molecule has 1 amide bonds. The Bertz CT molecular complexity index is 906. The Morgan fingerprint density at radius 1 is 1.04 bits per heavy atom. The number of carbonyl (C=O) groups is 2. The minimum atomic E-state index is -3.61. The molecule has 1 saturated heterocycles. The lowest BCUT2D eigenvalue weighted by molar-refractivity contribution is 0.0694. The van der Waals surface area contributed by atoms with Crippen LogP contribution in [-0.2, 0) is 10.0 Å². The molecule has 1 aromatic heterocycles. The van der Waals surface area contributed by atoms with Crippen LogP contribution in [0.5, 0.6) is 0 Å². The molecule has 0 unspecified atom stereocenters. The van der Waals surface area contributed by atoms with Gasteiger partial charge in [0.25, 0.3) is 5.91 Å². The number of rotatable bonds is 4. The van der Waals surface area contributed by atoms with Crippen LogP contribution in [0.15, 0.2) is 52.0 Å².